The Bertz CT molecular complexity index is 496. The Morgan fingerprint density at radius 2 is 2.00 bits per heavy atom. The van der Waals surface area contributed by atoms with Crippen LogP contribution in [0.3, 0.4) is 0 Å². The van der Waals surface area contributed by atoms with Crippen molar-refractivity contribution in [1.29, 1.82) is 5.26 Å². The lowest BCUT2D eigenvalue weighted by molar-refractivity contribution is -0.124. The highest BCUT2D eigenvalue weighted by molar-refractivity contribution is 5.99. The first-order valence-corrected chi connectivity index (χ1v) is 6.27. The summed E-state index contributed by atoms with van der Waals surface area (Å²) in [6.07, 6.45) is 3.76. The molecular weight excluding hydrogens is 226 g/mol. The van der Waals surface area contributed by atoms with Crippen molar-refractivity contribution < 1.29 is 9.59 Å². The zero-order chi connectivity index (χ0) is 13.0. The number of Topliss-reactive ketones (excluding diaryl/α,β-unsaturated/α-hetero) is 2. The summed E-state index contributed by atoms with van der Waals surface area (Å²) < 4.78 is 0. The van der Waals surface area contributed by atoms with Crippen LogP contribution in [0, 0.1) is 17.2 Å². The van der Waals surface area contributed by atoms with Crippen molar-refractivity contribution in [3.63, 3.8) is 0 Å². The van der Waals surface area contributed by atoms with Crippen molar-refractivity contribution >= 4 is 11.6 Å². The highest BCUT2D eigenvalue weighted by atomic mass is 16.1. The first kappa shape index (κ1) is 12.5. The molecule has 2 rings (SSSR count). The van der Waals surface area contributed by atoms with E-state index in [0.29, 0.717) is 24.0 Å². The van der Waals surface area contributed by atoms with Crippen LogP contribution in [0.5, 0.6) is 0 Å². The van der Waals surface area contributed by atoms with Gasteiger partial charge in [-0.05, 0) is 25.0 Å². The van der Waals surface area contributed by atoms with Gasteiger partial charge in [0.15, 0.2) is 5.78 Å². The quantitative estimate of drug-likeness (QED) is 0.764. The topological polar surface area (TPSA) is 57.9 Å². The van der Waals surface area contributed by atoms with E-state index < -0.39 is 0 Å². The molecule has 1 saturated carbocycles. The smallest absolute Gasteiger partial charge is 0.163 e. The molecule has 0 spiro atoms. The molecule has 1 atom stereocenters. The average Bonchev–Trinajstić information content (AvgIpc) is 2.41. The number of ketones is 2. The zero-order valence-electron chi connectivity index (χ0n) is 10.2. The van der Waals surface area contributed by atoms with Gasteiger partial charge >= 0.3 is 0 Å². The third kappa shape index (κ3) is 2.84. The molecule has 92 valence electrons. The van der Waals surface area contributed by atoms with Crippen molar-refractivity contribution in [2.75, 3.05) is 0 Å². The minimum absolute atomic E-state index is 0.000241. The standard InChI is InChI=1S/C15H15NO2/c16-10-11-5-7-12(8-6-11)15(18)9-13-3-1-2-4-14(13)17/h5-8,13H,1-4,9H2. The first-order chi connectivity index (χ1) is 8.70. The van der Waals surface area contributed by atoms with Gasteiger partial charge in [0.2, 0.25) is 0 Å². The average molecular weight is 241 g/mol. The van der Waals surface area contributed by atoms with Crippen molar-refractivity contribution in [2.24, 2.45) is 5.92 Å². The lowest BCUT2D eigenvalue weighted by Gasteiger charge is -2.19. The summed E-state index contributed by atoms with van der Waals surface area (Å²) in [4.78, 5) is 23.7. The van der Waals surface area contributed by atoms with E-state index in [1.54, 1.807) is 24.3 Å². The molecule has 1 aliphatic rings. The Balaban J connectivity index is 2.02. The van der Waals surface area contributed by atoms with Gasteiger partial charge in [0.05, 0.1) is 11.6 Å². The number of hydrogen-bond donors (Lipinski definition) is 0. The maximum atomic E-state index is 12.0. The lowest BCUT2D eigenvalue weighted by atomic mass is 9.83. The van der Waals surface area contributed by atoms with Crippen molar-refractivity contribution in [3.8, 4) is 6.07 Å². The molecule has 0 heterocycles. The molecule has 1 aliphatic carbocycles. The fourth-order valence-corrected chi connectivity index (χ4v) is 2.34. The van der Waals surface area contributed by atoms with E-state index in [4.69, 9.17) is 5.26 Å². The SMILES string of the molecule is N#Cc1ccc(C(=O)CC2CCCCC2=O)cc1. The van der Waals surface area contributed by atoms with E-state index in [9.17, 15) is 9.59 Å². The minimum Gasteiger partial charge on any atom is -0.299 e. The number of hydrogen-bond acceptors (Lipinski definition) is 3. The highest BCUT2D eigenvalue weighted by Crippen LogP contribution is 2.24. The predicted molar refractivity (Wildman–Crippen MR) is 67.1 cm³/mol. The van der Waals surface area contributed by atoms with Gasteiger partial charge < -0.3 is 0 Å². The van der Waals surface area contributed by atoms with Crippen LogP contribution in [0.2, 0.25) is 0 Å². The molecule has 3 heteroatoms. The van der Waals surface area contributed by atoms with Gasteiger partial charge in [-0.2, -0.15) is 5.26 Å². The Morgan fingerprint density at radius 3 is 2.61 bits per heavy atom. The van der Waals surface area contributed by atoms with Crippen LogP contribution >= 0.6 is 0 Å². The van der Waals surface area contributed by atoms with E-state index in [1.165, 1.54) is 0 Å². The molecule has 0 amide bonds. The Labute approximate surface area is 106 Å². The number of nitrogens with zero attached hydrogens (tertiary/aromatic N) is 1. The molecule has 1 aromatic carbocycles. The largest absolute Gasteiger partial charge is 0.299 e. The molecule has 0 saturated heterocycles. The third-order valence-electron chi connectivity index (χ3n) is 3.45. The number of rotatable bonds is 3. The Morgan fingerprint density at radius 1 is 1.28 bits per heavy atom. The van der Waals surface area contributed by atoms with E-state index >= 15 is 0 Å². The monoisotopic (exact) mass is 241 g/mol. The van der Waals surface area contributed by atoms with Gasteiger partial charge in [-0.3, -0.25) is 9.59 Å². The first-order valence-electron chi connectivity index (χ1n) is 6.27. The van der Waals surface area contributed by atoms with Gasteiger partial charge in [-0.1, -0.05) is 18.6 Å². The van der Waals surface area contributed by atoms with Gasteiger partial charge in [-0.15, -0.1) is 0 Å². The second-order valence-corrected chi connectivity index (χ2v) is 4.73. The molecular formula is C15H15NO2. The Hall–Kier alpha value is -1.95. The van der Waals surface area contributed by atoms with Crippen LogP contribution in [0.4, 0.5) is 0 Å². The summed E-state index contributed by atoms with van der Waals surface area (Å²) in [5.41, 5.74) is 1.13. The molecule has 0 radical (unpaired) electrons. The van der Waals surface area contributed by atoms with E-state index in [-0.39, 0.29) is 17.5 Å². The van der Waals surface area contributed by atoms with Crippen molar-refractivity contribution in [1.82, 2.24) is 0 Å². The minimum atomic E-state index is -0.0955. The van der Waals surface area contributed by atoms with Crippen LogP contribution in [0.15, 0.2) is 24.3 Å². The molecule has 1 unspecified atom stereocenters. The summed E-state index contributed by atoms with van der Waals surface area (Å²) in [6, 6.07) is 8.61. The fraction of sp³-hybridized carbons (Fsp3) is 0.400. The van der Waals surface area contributed by atoms with Gasteiger partial charge in [0, 0.05) is 24.3 Å². The molecule has 1 aromatic rings. The number of nitriles is 1. The maximum absolute atomic E-state index is 12.0. The normalized spacial score (nSPS) is 19.3. The van der Waals surface area contributed by atoms with Crippen LogP contribution in [0.25, 0.3) is 0 Å². The van der Waals surface area contributed by atoms with Crippen LogP contribution in [0.1, 0.15) is 48.0 Å². The fourth-order valence-electron chi connectivity index (χ4n) is 2.34. The second kappa shape index (κ2) is 5.59. The number of carbonyl (C=O) groups excluding carboxylic acids is 2. The summed E-state index contributed by atoms with van der Waals surface area (Å²) in [5.74, 6) is 0.130. The van der Waals surface area contributed by atoms with Crippen LogP contribution in [-0.2, 0) is 4.79 Å². The molecule has 0 bridgehead atoms. The second-order valence-electron chi connectivity index (χ2n) is 4.73. The molecule has 18 heavy (non-hydrogen) atoms. The lowest BCUT2D eigenvalue weighted by Crippen LogP contribution is -2.22. The third-order valence-corrected chi connectivity index (χ3v) is 3.45. The number of benzene rings is 1. The predicted octanol–water partition coefficient (Wildman–Crippen LogP) is 2.89. The molecule has 0 aromatic heterocycles. The zero-order valence-corrected chi connectivity index (χ0v) is 10.2. The van der Waals surface area contributed by atoms with E-state index in [2.05, 4.69) is 0 Å². The number of carbonyl (C=O) groups is 2. The molecule has 3 nitrogen and oxygen atoms in total. The highest BCUT2D eigenvalue weighted by Gasteiger charge is 2.24. The molecule has 0 aliphatic heterocycles. The van der Waals surface area contributed by atoms with Crippen LogP contribution in [-0.4, -0.2) is 11.6 Å². The van der Waals surface area contributed by atoms with Crippen molar-refractivity contribution in [2.45, 2.75) is 32.1 Å². The van der Waals surface area contributed by atoms with Gasteiger partial charge in [-0.25, -0.2) is 0 Å². The summed E-state index contributed by atoms with van der Waals surface area (Å²) in [6.45, 7) is 0. The van der Waals surface area contributed by atoms with Gasteiger partial charge in [0.25, 0.3) is 0 Å². The summed E-state index contributed by atoms with van der Waals surface area (Å²) in [5, 5.41) is 8.68. The summed E-state index contributed by atoms with van der Waals surface area (Å²) >= 11 is 0. The van der Waals surface area contributed by atoms with Gasteiger partial charge in [0.1, 0.15) is 5.78 Å². The van der Waals surface area contributed by atoms with E-state index in [0.717, 1.165) is 19.3 Å². The van der Waals surface area contributed by atoms with Crippen molar-refractivity contribution in [3.05, 3.63) is 35.4 Å². The Kier molecular flexibility index (Phi) is 3.88. The van der Waals surface area contributed by atoms with Crippen LogP contribution < -0.4 is 0 Å². The summed E-state index contributed by atoms with van der Waals surface area (Å²) in [7, 11) is 0. The molecule has 0 N–H and O–H groups in total. The van der Waals surface area contributed by atoms with E-state index in [1.807, 2.05) is 6.07 Å². The maximum Gasteiger partial charge on any atom is 0.163 e. The molecule has 1 fully saturated rings.